The molecule has 0 saturated heterocycles. The minimum absolute atomic E-state index is 0.132. The van der Waals surface area contributed by atoms with E-state index in [1.165, 1.54) is 5.69 Å². The zero-order valence-electron chi connectivity index (χ0n) is 9.91. The molecule has 0 aromatic carbocycles. The Morgan fingerprint density at radius 1 is 1.27 bits per heavy atom. The van der Waals surface area contributed by atoms with Crippen LogP contribution in [-0.2, 0) is 6.54 Å². The maximum absolute atomic E-state index is 4.57. The third kappa shape index (κ3) is 1.76. The van der Waals surface area contributed by atoms with Crippen molar-refractivity contribution in [3.05, 3.63) is 29.4 Å². The van der Waals surface area contributed by atoms with Crippen LogP contribution in [0.3, 0.4) is 0 Å². The molecule has 0 atom stereocenters. The third-order valence-electron chi connectivity index (χ3n) is 2.88. The van der Waals surface area contributed by atoms with Gasteiger partial charge in [-0.2, -0.15) is 0 Å². The van der Waals surface area contributed by atoms with E-state index in [9.17, 15) is 0 Å². The smallest absolute Gasteiger partial charge is 0.106 e. The molecule has 2 heteroatoms. The number of allylic oxidation sites excluding steroid dienone is 2. The van der Waals surface area contributed by atoms with Crippen LogP contribution in [0, 0.1) is 12.3 Å². The Hall–Kier alpha value is -1.31. The molecule has 2 rings (SSSR count). The summed E-state index contributed by atoms with van der Waals surface area (Å²) >= 11 is 0. The predicted octanol–water partition coefficient (Wildman–Crippen LogP) is 3.28. The molecular weight excluding hydrogens is 184 g/mol. The summed E-state index contributed by atoms with van der Waals surface area (Å²) in [6, 6.07) is 0. The second-order valence-corrected chi connectivity index (χ2v) is 4.66. The van der Waals surface area contributed by atoms with Crippen molar-refractivity contribution in [2.45, 2.75) is 34.2 Å². The van der Waals surface area contributed by atoms with E-state index < -0.39 is 0 Å². The van der Waals surface area contributed by atoms with Crippen molar-refractivity contribution in [1.82, 2.24) is 9.55 Å². The second-order valence-electron chi connectivity index (χ2n) is 4.66. The van der Waals surface area contributed by atoms with Crippen LogP contribution < -0.4 is 0 Å². The van der Waals surface area contributed by atoms with Gasteiger partial charge < -0.3 is 4.57 Å². The largest absolute Gasteiger partial charge is 0.329 e. The highest BCUT2D eigenvalue weighted by molar-refractivity contribution is 5.64. The summed E-state index contributed by atoms with van der Waals surface area (Å²) in [5.74, 6) is 1.09. The van der Waals surface area contributed by atoms with Crippen molar-refractivity contribution >= 4 is 12.2 Å². The summed E-state index contributed by atoms with van der Waals surface area (Å²) in [5, 5.41) is 0. The molecule has 0 unspecified atom stereocenters. The lowest BCUT2D eigenvalue weighted by molar-refractivity contribution is 0.632. The highest BCUT2D eigenvalue weighted by Crippen LogP contribution is 2.27. The monoisotopic (exact) mass is 202 g/mol. The molecule has 1 aromatic rings. The number of imidazole rings is 1. The van der Waals surface area contributed by atoms with Gasteiger partial charge in [0.15, 0.2) is 0 Å². The SMILES string of the molecule is CCn1c(C)nc2c1C=CC(C)(C)C=C2. The van der Waals surface area contributed by atoms with Crippen molar-refractivity contribution in [3.63, 3.8) is 0 Å². The van der Waals surface area contributed by atoms with Crippen LogP contribution in [0.25, 0.3) is 12.2 Å². The van der Waals surface area contributed by atoms with Gasteiger partial charge in [0.1, 0.15) is 5.82 Å². The van der Waals surface area contributed by atoms with Crippen LogP contribution >= 0.6 is 0 Å². The Morgan fingerprint density at radius 3 is 2.60 bits per heavy atom. The van der Waals surface area contributed by atoms with Crippen molar-refractivity contribution in [2.24, 2.45) is 5.41 Å². The fourth-order valence-corrected chi connectivity index (χ4v) is 1.94. The van der Waals surface area contributed by atoms with Gasteiger partial charge in [0.05, 0.1) is 11.4 Å². The van der Waals surface area contributed by atoms with Crippen LogP contribution in [0.2, 0.25) is 0 Å². The summed E-state index contributed by atoms with van der Waals surface area (Å²) in [4.78, 5) is 4.57. The number of fused-ring (bicyclic) bond motifs is 1. The van der Waals surface area contributed by atoms with Crippen molar-refractivity contribution in [2.75, 3.05) is 0 Å². The van der Waals surface area contributed by atoms with Gasteiger partial charge in [-0.25, -0.2) is 4.98 Å². The number of aryl methyl sites for hydroxylation is 1. The highest BCUT2D eigenvalue weighted by Gasteiger charge is 2.16. The molecule has 0 aliphatic heterocycles. The van der Waals surface area contributed by atoms with E-state index in [2.05, 4.69) is 61.6 Å². The fraction of sp³-hybridized carbons (Fsp3) is 0.462. The molecular formula is C13H18N2. The lowest BCUT2D eigenvalue weighted by atomic mass is 9.93. The zero-order valence-corrected chi connectivity index (χ0v) is 9.91. The first-order chi connectivity index (χ1) is 7.03. The average Bonchev–Trinajstić information content (AvgIpc) is 2.40. The highest BCUT2D eigenvalue weighted by atomic mass is 15.1. The van der Waals surface area contributed by atoms with Crippen molar-refractivity contribution in [3.8, 4) is 0 Å². The molecule has 0 bridgehead atoms. The summed E-state index contributed by atoms with van der Waals surface area (Å²) in [7, 11) is 0. The van der Waals surface area contributed by atoms with Crippen molar-refractivity contribution < 1.29 is 0 Å². The topological polar surface area (TPSA) is 17.8 Å². The van der Waals surface area contributed by atoms with Gasteiger partial charge in [-0.05, 0) is 26.0 Å². The van der Waals surface area contributed by atoms with Gasteiger partial charge in [0.2, 0.25) is 0 Å². The van der Waals surface area contributed by atoms with Gasteiger partial charge in [0, 0.05) is 12.0 Å². The van der Waals surface area contributed by atoms with Crippen LogP contribution in [-0.4, -0.2) is 9.55 Å². The lowest BCUT2D eigenvalue weighted by Crippen LogP contribution is -2.02. The van der Waals surface area contributed by atoms with Gasteiger partial charge >= 0.3 is 0 Å². The maximum Gasteiger partial charge on any atom is 0.106 e. The molecule has 15 heavy (non-hydrogen) atoms. The number of hydrogen-bond donors (Lipinski definition) is 0. The number of nitrogens with zero attached hydrogens (tertiary/aromatic N) is 2. The van der Waals surface area contributed by atoms with Crippen LogP contribution in [0.5, 0.6) is 0 Å². The standard InChI is InChI=1S/C13H18N2/c1-5-15-10(2)14-11-6-8-13(3,4)9-7-12(11)15/h6-9H,5H2,1-4H3. The van der Waals surface area contributed by atoms with Crippen LogP contribution in [0.15, 0.2) is 12.2 Å². The molecule has 1 aromatic heterocycles. The van der Waals surface area contributed by atoms with E-state index in [1.807, 2.05) is 0 Å². The van der Waals surface area contributed by atoms with Gasteiger partial charge in [-0.1, -0.05) is 26.0 Å². The maximum atomic E-state index is 4.57. The average molecular weight is 202 g/mol. The molecule has 80 valence electrons. The van der Waals surface area contributed by atoms with E-state index in [0.29, 0.717) is 0 Å². The summed E-state index contributed by atoms with van der Waals surface area (Å²) < 4.78 is 2.25. The number of aromatic nitrogens is 2. The quantitative estimate of drug-likeness (QED) is 0.683. The molecule has 0 radical (unpaired) electrons. The fourth-order valence-electron chi connectivity index (χ4n) is 1.94. The first-order valence-corrected chi connectivity index (χ1v) is 5.49. The Labute approximate surface area is 91.3 Å². The molecule has 0 fully saturated rings. The summed E-state index contributed by atoms with van der Waals surface area (Å²) in [6.45, 7) is 9.60. The van der Waals surface area contributed by atoms with Gasteiger partial charge in [-0.15, -0.1) is 0 Å². The lowest BCUT2D eigenvalue weighted by Gasteiger charge is -2.12. The summed E-state index contributed by atoms with van der Waals surface area (Å²) in [6.07, 6.45) is 8.78. The molecule has 0 saturated carbocycles. The van der Waals surface area contributed by atoms with Crippen molar-refractivity contribution in [1.29, 1.82) is 0 Å². The Bertz CT molecular complexity index is 434. The second kappa shape index (κ2) is 3.37. The van der Waals surface area contributed by atoms with Crippen LogP contribution in [0.1, 0.15) is 38.0 Å². The minimum Gasteiger partial charge on any atom is -0.329 e. The zero-order chi connectivity index (χ0) is 11.1. The normalized spacial score (nSPS) is 17.6. The van der Waals surface area contributed by atoms with E-state index >= 15 is 0 Å². The van der Waals surface area contributed by atoms with E-state index in [-0.39, 0.29) is 5.41 Å². The molecule has 0 amide bonds. The number of rotatable bonds is 1. The summed E-state index contributed by atoms with van der Waals surface area (Å²) in [5.41, 5.74) is 2.46. The van der Waals surface area contributed by atoms with Gasteiger partial charge in [-0.3, -0.25) is 0 Å². The first-order valence-electron chi connectivity index (χ1n) is 5.49. The number of hydrogen-bond acceptors (Lipinski definition) is 1. The predicted molar refractivity (Wildman–Crippen MR) is 64.5 cm³/mol. The molecule has 1 aliphatic carbocycles. The van der Waals surface area contributed by atoms with Crippen LogP contribution in [0.4, 0.5) is 0 Å². The van der Waals surface area contributed by atoms with E-state index in [0.717, 1.165) is 18.1 Å². The first kappa shape index (κ1) is 10.2. The molecule has 2 nitrogen and oxygen atoms in total. The Kier molecular flexibility index (Phi) is 2.29. The third-order valence-corrected chi connectivity index (χ3v) is 2.88. The van der Waals surface area contributed by atoms with E-state index in [4.69, 9.17) is 0 Å². The minimum atomic E-state index is 0.132. The molecule has 0 N–H and O–H groups in total. The van der Waals surface area contributed by atoms with E-state index in [1.54, 1.807) is 0 Å². The molecule has 0 spiro atoms. The molecule has 1 heterocycles. The molecule has 1 aliphatic rings. The Balaban J connectivity index is 2.56. The Morgan fingerprint density at radius 2 is 1.93 bits per heavy atom. The van der Waals surface area contributed by atoms with Gasteiger partial charge in [0.25, 0.3) is 0 Å².